The van der Waals surface area contributed by atoms with Gasteiger partial charge in [0, 0.05) is 48.2 Å². The minimum atomic E-state index is -0.786. The molecule has 1 aromatic heterocycles. The largest absolute Gasteiger partial charge is 0.481 e. The summed E-state index contributed by atoms with van der Waals surface area (Å²) in [5, 5.41) is 0.759. The summed E-state index contributed by atoms with van der Waals surface area (Å²) in [6.07, 6.45) is 1.15. The van der Waals surface area contributed by atoms with Gasteiger partial charge in [0.05, 0.1) is 12.1 Å². The Morgan fingerprint density at radius 2 is 2.00 bits per heavy atom. The molecule has 2 atom stereocenters. The number of carbonyl (C=O) groups excluding carboxylic acids is 2. The lowest BCUT2D eigenvalue weighted by atomic mass is 9.94. The van der Waals surface area contributed by atoms with E-state index in [1.165, 1.54) is 37.4 Å². The van der Waals surface area contributed by atoms with Crippen LogP contribution in [-0.2, 0) is 14.3 Å². The maximum Gasteiger partial charge on any atom is 0.336 e. The molecule has 1 saturated heterocycles. The summed E-state index contributed by atoms with van der Waals surface area (Å²) in [5.41, 5.74) is 0.650. The summed E-state index contributed by atoms with van der Waals surface area (Å²) in [4.78, 5) is 38.5. The zero-order chi connectivity index (χ0) is 25.1. The third-order valence-corrected chi connectivity index (χ3v) is 6.42. The number of hydrogen-bond acceptors (Lipinski definition) is 6. The van der Waals surface area contributed by atoms with Crippen molar-refractivity contribution in [3.8, 4) is 16.9 Å². The van der Waals surface area contributed by atoms with Gasteiger partial charge in [-0.2, -0.15) is 0 Å². The van der Waals surface area contributed by atoms with E-state index in [4.69, 9.17) is 25.5 Å². The van der Waals surface area contributed by atoms with Crippen molar-refractivity contribution in [2.24, 2.45) is 5.92 Å². The Labute approximate surface area is 206 Å². The number of likely N-dealkylation sites (tertiary alicyclic amines) is 1. The normalized spacial score (nSPS) is 16.7. The molecule has 0 N–H and O–H groups in total. The first kappa shape index (κ1) is 24.7. The average molecular weight is 502 g/mol. The molecule has 1 aliphatic rings. The maximum atomic E-state index is 13.5. The van der Waals surface area contributed by atoms with E-state index in [9.17, 15) is 18.8 Å². The van der Waals surface area contributed by atoms with Crippen LogP contribution in [0.1, 0.15) is 26.2 Å². The molecular weight excluding hydrogens is 477 g/mol. The van der Waals surface area contributed by atoms with E-state index in [1.54, 1.807) is 24.0 Å². The van der Waals surface area contributed by atoms with Gasteiger partial charge >= 0.3 is 11.6 Å². The van der Waals surface area contributed by atoms with Gasteiger partial charge in [-0.15, -0.1) is 0 Å². The van der Waals surface area contributed by atoms with E-state index in [2.05, 4.69) is 0 Å². The van der Waals surface area contributed by atoms with Crippen LogP contribution >= 0.6 is 11.6 Å². The first-order valence-electron chi connectivity index (χ1n) is 11.3. The molecule has 9 heteroatoms. The van der Waals surface area contributed by atoms with Gasteiger partial charge in [0.15, 0.2) is 6.10 Å². The molecule has 0 bridgehead atoms. The number of piperidine rings is 1. The van der Waals surface area contributed by atoms with Crippen molar-refractivity contribution in [2.75, 3.05) is 20.2 Å². The SMILES string of the molecule is COC(=O)C[C@H]1CCCN(C(=O)[C@@H](C)Oc2ccc3c(-c4ccc(F)cc4Cl)cc(=O)oc3c2)C1. The molecule has 1 amide bonds. The van der Waals surface area contributed by atoms with Crippen molar-refractivity contribution in [2.45, 2.75) is 32.3 Å². The van der Waals surface area contributed by atoms with E-state index < -0.39 is 17.5 Å². The number of benzene rings is 2. The standard InChI is InChI=1S/C26H25ClFNO6/c1-15(26(32)29-9-3-4-16(14-29)10-24(30)33-2)34-18-6-8-20-21(13-25(31)35-23(20)12-18)19-7-5-17(28)11-22(19)27/h5-8,11-13,15-16H,3-4,9-10,14H2,1-2H3/t15-,16-/m1/s1. The van der Waals surface area contributed by atoms with Gasteiger partial charge in [0.1, 0.15) is 17.1 Å². The zero-order valence-electron chi connectivity index (χ0n) is 19.4. The highest BCUT2D eigenvalue weighted by atomic mass is 35.5. The lowest BCUT2D eigenvalue weighted by Gasteiger charge is -2.33. The third-order valence-electron chi connectivity index (χ3n) is 6.11. The highest BCUT2D eigenvalue weighted by Crippen LogP contribution is 2.34. The molecule has 184 valence electrons. The molecule has 2 aromatic carbocycles. The van der Waals surface area contributed by atoms with Crippen LogP contribution in [0.15, 0.2) is 51.7 Å². The van der Waals surface area contributed by atoms with Gasteiger partial charge in [0.25, 0.3) is 5.91 Å². The van der Waals surface area contributed by atoms with Crippen molar-refractivity contribution in [1.82, 2.24) is 4.90 Å². The minimum absolute atomic E-state index is 0.0546. The topological polar surface area (TPSA) is 86.0 Å². The van der Waals surface area contributed by atoms with E-state index in [-0.39, 0.29) is 34.8 Å². The van der Waals surface area contributed by atoms with Crippen molar-refractivity contribution < 1.29 is 27.9 Å². The molecule has 0 unspecified atom stereocenters. The molecule has 1 aliphatic heterocycles. The van der Waals surface area contributed by atoms with Gasteiger partial charge in [-0.1, -0.05) is 11.6 Å². The summed E-state index contributed by atoms with van der Waals surface area (Å²) in [5.74, 6) is -0.544. The van der Waals surface area contributed by atoms with Gasteiger partial charge in [-0.25, -0.2) is 9.18 Å². The van der Waals surface area contributed by atoms with Gasteiger partial charge in [-0.05, 0) is 56.0 Å². The predicted molar refractivity (Wildman–Crippen MR) is 129 cm³/mol. The van der Waals surface area contributed by atoms with Crippen LogP contribution in [0.2, 0.25) is 5.02 Å². The second-order valence-electron chi connectivity index (χ2n) is 8.59. The Bertz CT molecular complexity index is 1320. The molecule has 0 saturated carbocycles. The Morgan fingerprint density at radius 1 is 1.20 bits per heavy atom. The minimum Gasteiger partial charge on any atom is -0.481 e. The second-order valence-corrected chi connectivity index (χ2v) is 9.00. The number of fused-ring (bicyclic) bond motifs is 1. The smallest absolute Gasteiger partial charge is 0.336 e. The number of carbonyl (C=O) groups is 2. The number of esters is 1. The Balaban J connectivity index is 1.53. The molecule has 0 radical (unpaired) electrons. The zero-order valence-corrected chi connectivity index (χ0v) is 20.1. The lowest BCUT2D eigenvalue weighted by molar-refractivity contribution is -0.145. The fourth-order valence-electron chi connectivity index (χ4n) is 4.41. The second kappa shape index (κ2) is 10.5. The van der Waals surface area contributed by atoms with Gasteiger partial charge in [-0.3, -0.25) is 9.59 Å². The molecule has 0 spiro atoms. The number of nitrogens with zero attached hydrogens (tertiary/aromatic N) is 1. The summed E-state index contributed by atoms with van der Waals surface area (Å²) in [6, 6.07) is 10.2. The van der Waals surface area contributed by atoms with Gasteiger partial charge in [0.2, 0.25) is 0 Å². The fraction of sp³-hybridized carbons (Fsp3) is 0.346. The van der Waals surface area contributed by atoms with E-state index >= 15 is 0 Å². The number of methoxy groups -OCH3 is 1. The van der Waals surface area contributed by atoms with Crippen LogP contribution in [0.25, 0.3) is 22.1 Å². The Hall–Kier alpha value is -3.39. The number of amides is 1. The van der Waals surface area contributed by atoms with Crippen molar-refractivity contribution >= 4 is 34.4 Å². The Morgan fingerprint density at radius 3 is 2.74 bits per heavy atom. The first-order chi connectivity index (χ1) is 16.7. The quantitative estimate of drug-likeness (QED) is 0.355. The number of halogens is 2. The molecule has 3 aromatic rings. The molecule has 35 heavy (non-hydrogen) atoms. The monoisotopic (exact) mass is 501 g/mol. The van der Waals surface area contributed by atoms with Crippen molar-refractivity contribution in [1.29, 1.82) is 0 Å². The highest BCUT2D eigenvalue weighted by molar-refractivity contribution is 6.33. The lowest BCUT2D eigenvalue weighted by Crippen LogP contribution is -2.46. The van der Waals surface area contributed by atoms with Crippen LogP contribution < -0.4 is 10.4 Å². The summed E-state index contributed by atoms with van der Waals surface area (Å²) in [7, 11) is 1.35. The summed E-state index contributed by atoms with van der Waals surface area (Å²) in [6.45, 7) is 2.72. The van der Waals surface area contributed by atoms with E-state index in [1.807, 2.05) is 0 Å². The van der Waals surface area contributed by atoms with Crippen LogP contribution in [-0.4, -0.2) is 43.1 Å². The number of rotatable bonds is 6. The van der Waals surface area contributed by atoms with Crippen LogP contribution in [0, 0.1) is 11.7 Å². The van der Waals surface area contributed by atoms with Crippen molar-refractivity contribution in [3.63, 3.8) is 0 Å². The van der Waals surface area contributed by atoms with Crippen LogP contribution in [0.4, 0.5) is 4.39 Å². The van der Waals surface area contributed by atoms with Gasteiger partial charge < -0.3 is 18.8 Å². The number of hydrogen-bond donors (Lipinski definition) is 0. The van der Waals surface area contributed by atoms with Crippen LogP contribution in [0.3, 0.4) is 0 Å². The maximum absolute atomic E-state index is 13.5. The van der Waals surface area contributed by atoms with E-state index in [0.29, 0.717) is 35.4 Å². The molecule has 2 heterocycles. The van der Waals surface area contributed by atoms with Crippen molar-refractivity contribution in [3.05, 3.63) is 63.7 Å². The molecule has 4 rings (SSSR count). The Kier molecular flexibility index (Phi) is 7.40. The van der Waals surface area contributed by atoms with Crippen LogP contribution in [0.5, 0.6) is 5.75 Å². The molecule has 1 fully saturated rings. The third kappa shape index (κ3) is 5.65. The molecular formula is C26H25ClFNO6. The summed E-state index contributed by atoms with van der Waals surface area (Å²) >= 11 is 6.21. The summed E-state index contributed by atoms with van der Waals surface area (Å²) < 4.78 is 29.5. The molecule has 7 nitrogen and oxygen atoms in total. The average Bonchev–Trinajstić information content (AvgIpc) is 2.83. The number of ether oxygens (including phenoxy) is 2. The first-order valence-corrected chi connectivity index (χ1v) is 11.7. The molecule has 0 aliphatic carbocycles. The fourth-order valence-corrected chi connectivity index (χ4v) is 4.68. The highest BCUT2D eigenvalue weighted by Gasteiger charge is 2.29. The predicted octanol–water partition coefficient (Wildman–Crippen LogP) is 4.82. The van der Waals surface area contributed by atoms with E-state index in [0.717, 1.165) is 12.8 Å².